The molecule has 1 heterocycles. The summed E-state index contributed by atoms with van der Waals surface area (Å²) in [5, 5.41) is 4.48. The molecule has 2 rings (SSSR count). The molecule has 2 heteroatoms. The molecule has 1 fully saturated rings. The zero-order chi connectivity index (χ0) is 8.60. The van der Waals surface area contributed by atoms with Gasteiger partial charge in [0, 0.05) is 19.0 Å². The van der Waals surface area contributed by atoms with Crippen LogP contribution in [0.2, 0.25) is 0 Å². The lowest BCUT2D eigenvalue weighted by molar-refractivity contribution is 0.194. The molecule has 0 aromatic carbocycles. The van der Waals surface area contributed by atoms with Crippen molar-refractivity contribution in [1.82, 2.24) is 10.2 Å². The molecule has 0 N–H and O–H groups in total. The molecule has 2 nitrogen and oxygen atoms in total. The van der Waals surface area contributed by atoms with Gasteiger partial charge in [-0.3, -0.25) is 4.90 Å². The van der Waals surface area contributed by atoms with Crippen LogP contribution >= 0.6 is 0 Å². The van der Waals surface area contributed by atoms with Crippen LogP contribution in [0.15, 0.2) is 24.3 Å². The number of fused-ring (bicyclic) bond motifs is 1. The summed E-state index contributed by atoms with van der Waals surface area (Å²) in [6.45, 7) is 1.94. The highest BCUT2D eigenvalue weighted by atomic mass is 15.2. The molecule has 1 aliphatic carbocycles. The van der Waals surface area contributed by atoms with Crippen LogP contribution < -0.4 is 5.32 Å². The predicted octanol–water partition coefficient (Wildman–Crippen LogP) is 0.647. The largest absolute Gasteiger partial charge is 0.299 e. The monoisotopic (exact) mass is 163 g/mol. The van der Waals surface area contributed by atoms with E-state index in [0.29, 0.717) is 5.92 Å². The lowest BCUT2D eigenvalue weighted by atomic mass is 9.82. The van der Waals surface area contributed by atoms with Gasteiger partial charge in [0.1, 0.15) is 0 Å². The maximum absolute atomic E-state index is 4.48. The maximum Gasteiger partial charge on any atom is 0.0607 e. The first-order valence-electron chi connectivity index (χ1n) is 4.42. The van der Waals surface area contributed by atoms with Crippen LogP contribution in [0.25, 0.3) is 0 Å². The van der Waals surface area contributed by atoms with Crippen molar-refractivity contribution in [3.05, 3.63) is 24.3 Å². The van der Waals surface area contributed by atoms with E-state index in [1.165, 1.54) is 0 Å². The number of hydrogen-bond acceptors (Lipinski definition) is 1. The van der Waals surface area contributed by atoms with Crippen molar-refractivity contribution in [2.75, 3.05) is 27.2 Å². The van der Waals surface area contributed by atoms with E-state index in [-0.39, 0.29) is 5.54 Å². The Balaban J connectivity index is 2.32. The van der Waals surface area contributed by atoms with Crippen molar-refractivity contribution in [3.63, 3.8) is 0 Å². The minimum absolute atomic E-state index is 0.189. The number of rotatable bonds is 1. The topological polar surface area (TPSA) is 17.3 Å². The van der Waals surface area contributed by atoms with Crippen LogP contribution in [-0.2, 0) is 0 Å². The summed E-state index contributed by atoms with van der Waals surface area (Å²) in [5.41, 5.74) is 0.189. The first-order valence-corrected chi connectivity index (χ1v) is 4.42. The van der Waals surface area contributed by atoms with Crippen molar-refractivity contribution < 1.29 is 0 Å². The highest BCUT2D eigenvalue weighted by molar-refractivity contribution is 5.27. The fourth-order valence-electron chi connectivity index (χ4n) is 2.10. The summed E-state index contributed by atoms with van der Waals surface area (Å²) in [5.74, 6) is 0.595. The van der Waals surface area contributed by atoms with Crippen molar-refractivity contribution >= 4 is 0 Å². The summed E-state index contributed by atoms with van der Waals surface area (Å²) in [6.07, 6.45) is 8.83. The van der Waals surface area contributed by atoms with Crippen molar-refractivity contribution in [1.29, 1.82) is 0 Å². The van der Waals surface area contributed by atoms with Gasteiger partial charge in [-0.2, -0.15) is 0 Å². The smallest absolute Gasteiger partial charge is 0.0607 e. The van der Waals surface area contributed by atoms with E-state index in [9.17, 15) is 0 Å². The Hall–Kier alpha value is -0.600. The van der Waals surface area contributed by atoms with E-state index in [0.717, 1.165) is 13.1 Å². The molecule has 12 heavy (non-hydrogen) atoms. The van der Waals surface area contributed by atoms with E-state index in [1.807, 2.05) is 0 Å². The Kier molecular flexibility index (Phi) is 1.81. The van der Waals surface area contributed by atoms with Gasteiger partial charge >= 0.3 is 0 Å². The average Bonchev–Trinajstić information content (AvgIpc) is 2.48. The number of nitrogens with zero attached hydrogens (tertiary/aromatic N) is 2. The molecule has 0 aromatic heterocycles. The Morgan fingerprint density at radius 2 is 2.25 bits per heavy atom. The van der Waals surface area contributed by atoms with E-state index < -0.39 is 0 Å². The molecule has 2 aliphatic rings. The van der Waals surface area contributed by atoms with Gasteiger partial charge in [-0.05, 0) is 14.1 Å². The summed E-state index contributed by atoms with van der Waals surface area (Å²) >= 11 is 0. The van der Waals surface area contributed by atoms with Crippen LogP contribution in [0, 0.1) is 5.92 Å². The van der Waals surface area contributed by atoms with Gasteiger partial charge in [-0.25, -0.2) is 5.32 Å². The van der Waals surface area contributed by atoms with Crippen LogP contribution in [-0.4, -0.2) is 37.6 Å². The van der Waals surface area contributed by atoms with Crippen LogP contribution in [0.3, 0.4) is 0 Å². The van der Waals surface area contributed by atoms with Crippen molar-refractivity contribution in [2.45, 2.75) is 5.54 Å². The molecule has 2 atom stereocenters. The normalized spacial score (nSPS) is 39.1. The fraction of sp³-hybridized carbons (Fsp3) is 0.600. The number of allylic oxidation sites excluding steroid dienone is 2. The predicted molar refractivity (Wildman–Crippen MR) is 50.1 cm³/mol. The molecule has 65 valence electrons. The van der Waals surface area contributed by atoms with Crippen molar-refractivity contribution in [2.24, 2.45) is 5.92 Å². The van der Waals surface area contributed by atoms with E-state index >= 15 is 0 Å². The Morgan fingerprint density at radius 3 is 2.92 bits per heavy atom. The number of hydrogen-bond donors (Lipinski definition) is 0. The summed E-state index contributed by atoms with van der Waals surface area (Å²) in [7, 11) is 4.27. The van der Waals surface area contributed by atoms with Crippen LogP contribution in [0.4, 0.5) is 0 Å². The lowest BCUT2D eigenvalue weighted by Crippen LogP contribution is -2.49. The molecule has 1 radical (unpaired) electrons. The molecule has 0 amide bonds. The van der Waals surface area contributed by atoms with Gasteiger partial charge in [0.15, 0.2) is 0 Å². The summed E-state index contributed by atoms with van der Waals surface area (Å²) in [4.78, 5) is 2.29. The van der Waals surface area contributed by atoms with Crippen molar-refractivity contribution in [3.8, 4) is 0 Å². The zero-order valence-electron chi connectivity index (χ0n) is 7.70. The van der Waals surface area contributed by atoms with Crippen LogP contribution in [0.1, 0.15) is 0 Å². The highest BCUT2D eigenvalue weighted by Gasteiger charge is 2.42. The highest BCUT2D eigenvalue weighted by Crippen LogP contribution is 2.32. The van der Waals surface area contributed by atoms with E-state index in [1.54, 1.807) is 0 Å². The molecule has 0 saturated carbocycles. The third-order valence-corrected chi connectivity index (χ3v) is 3.00. The fourth-order valence-corrected chi connectivity index (χ4v) is 2.10. The molecule has 0 spiro atoms. The molecule has 0 aromatic rings. The van der Waals surface area contributed by atoms with Gasteiger partial charge in [-0.1, -0.05) is 24.3 Å². The summed E-state index contributed by atoms with van der Waals surface area (Å²) < 4.78 is 0. The average molecular weight is 163 g/mol. The second-order valence-corrected chi connectivity index (χ2v) is 3.80. The number of likely N-dealkylation sites (N-methyl/N-ethyl adjacent to an activating group) is 1. The van der Waals surface area contributed by atoms with Gasteiger partial charge < -0.3 is 0 Å². The van der Waals surface area contributed by atoms with E-state index in [2.05, 4.69) is 48.6 Å². The second kappa shape index (κ2) is 2.71. The van der Waals surface area contributed by atoms with Gasteiger partial charge in [0.25, 0.3) is 0 Å². The van der Waals surface area contributed by atoms with Gasteiger partial charge in [0.2, 0.25) is 0 Å². The first-order chi connectivity index (χ1) is 5.76. The Morgan fingerprint density at radius 1 is 1.42 bits per heavy atom. The lowest BCUT2D eigenvalue weighted by Gasteiger charge is -2.38. The zero-order valence-corrected chi connectivity index (χ0v) is 7.70. The third-order valence-electron chi connectivity index (χ3n) is 3.00. The summed E-state index contributed by atoms with van der Waals surface area (Å²) in [6, 6.07) is 0. The molecule has 1 aliphatic heterocycles. The Bertz CT molecular complexity index is 230. The van der Waals surface area contributed by atoms with Gasteiger partial charge in [-0.15, -0.1) is 0 Å². The maximum atomic E-state index is 4.48. The first kappa shape index (κ1) is 8.02. The minimum Gasteiger partial charge on any atom is -0.299 e. The quantitative estimate of drug-likeness (QED) is 0.554. The molecule has 2 unspecified atom stereocenters. The molecule has 0 bridgehead atoms. The third kappa shape index (κ3) is 0.952. The van der Waals surface area contributed by atoms with Crippen LogP contribution in [0.5, 0.6) is 0 Å². The molecular weight excluding hydrogens is 148 g/mol. The van der Waals surface area contributed by atoms with Gasteiger partial charge in [0.05, 0.1) is 5.54 Å². The standard InChI is InChI=1S/C10H15N2/c1-12(2)10-6-4-3-5-9(10)7-11-8-10/h3-6,9H,7-8H2,1-2H3. The minimum atomic E-state index is 0.189. The Labute approximate surface area is 73.9 Å². The molecular formula is C10H15N2. The molecule has 1 saturated heterocycles. The van der Waals surface area contributed by atoms with E-state index in [4.69, 9.17) is 0 Å². The SMILES string of the molecule is CN(C)C12C=CC=CC1C[N]C2. The second-order valence-electron chi connectivity index (χ2n) is 3.80.